The first kappa shape index (κ1) is 16.0. The topological polar surface area (TPSA) is 81.6 Å². The Balaban J connectivity index is 1.93. The van der Waals surface area contributed by atoms with Crippen LogP contribution in [0.5, 0.6) is 11.8 Å². The normalized spacial score (nSPS) is 19.6. The van der Waals surface area contributed by atoms with Gasteiger partial charge in [-0.25, -0.2) is 8.42 Å². The molecule has 0 N–H and O–H groups in total. The lowest BCUT2D eigenvalue weighted by molar-refractivity contribution is 0.203. The third kappa shape index (κ3) is 4.28. The summed E-state index contributed by atoms with van der Waals surface area (Å²) in [4.78, 5) is 8.08. The lowest BCUT2D eigenvalue weighted by Crippen LogP contribution is -2.32. The fraction of sp³-hybridized carbons (Fsp3) is 0.692. The van der Waals surface area contributed by atoms with Gasteiger partial charge in [-0.3, -0.25) is 4.98 Å². The molecular weight excluding hydrogens is 294 g/mol. The van der Waals surface area contributed by atoms with Crippen LogP contribution in [0.25, 0.3) is 0 Å². The summed E-state index contributed by atoms with van der Waals surface area (Å²) in [7, 11) is -1.66. The van der Waals surface area contributed by atoms with Gasteiger partial charge in [0, 0.05) is 6.54 Å². The highest BCUT2D eigenvalue weighted by Crippen LogP contribution is 2.20. The highest BCUT2D eigenvalue weighted by atomic mass is 32.2. The molecule has 118 valence electrons. The zero-order valence-electron chi connectivity index (χ0n) is 12.4. The Morgan fingerprint density at radius 1 is 1.38 bits per heavy atom. The maximum atomic E-state index is 12.1. The third-order valence-corrected chi connectivity index (χ3v) is 5.27. The summed E-state index contributed by atoms with van der Waals surface area (Å²) in [6.07, 6.45) is 5.00. The molecular formula is C13H21N3O4S. The van der Waals surface area contributed by atoms with Gasteiger partial charge in [0.15, 0.2) is 0 Å². The van der Waals surface area contributed by atoms with Gasteiger partial charge in [-0.05, 0) is 12.8 Å². The number of sulfonamides is 1. The van der Waals surface area contributed by atoms with Crippen LogP contribution in [0.1, 0.15) is 26.2 Å². The second-order valence-electron chi connectivity index (χ2n) is 4.96. The Labute approximate surface area is 125 Å². The minimum atomic E-state index is -3.17. The third-order valence-electron chi connectivity index (χ3n) is 3.34. The first-order valence-electron chi connectivity index (χ1n) is 7.05. The number of hydrogen-bond donors (Lipinski definition) is 0. The second kappa shape index (κ2) is 7.04. The maximum absolute atomic E-state index is 12.1. The van der Waals surface area contributed by atoms with Crippen LogP contribution in [0.4, 0.5) is 0 Å². The number of hydrogen-bond acceptors (Lipinski definition) is 6. The minimum Gasteiger partial charge on any atom is -0.480 e. The number of nitrogens with zero attached hydrogens (tertiary/aromatic N) is 3. The molecule has 21 heavy (non-hydrogen) atoms. The molecule has 1 aliphatic heterocycles. The Bertz CT molecular complexity index is 564. The quantitative estimate of drug-likeness (QED) is 0.748. The molecule has 1 saturated heterocycles. The van der Waals surface area contributed by atoms with Crippen molar-refractivity contribution in [2.45, 2.75) is 32.3 Å². The van der Waals surface area contributed by atoms with E-state index in [4.69, 9.17) is 9.47 Å². The fourth-order valence-corrected chi connectivity index (χ4v) is 3.85. The van der Waals surface area contributed by atoms with Crippen molar-refractivity contribution in [1.82, 2.24) is 14.3 Å². The molecule has 1 unspecified atom stereocenters. The monoisotopic (exact) mass is 315 g/mol. The highest BCUT2D eigenvalue weighted by Gasteiger charge is 2.32. The predicted octanol–water partition coefficient (Wildman–Crippen LogP) is 1.07. The summed E-state index contributed by atoms with van der Waals surface area (Å²) >= 11 is 0. The molecule has 0 bridgehead atoms. The molecule has 0 saturated carbocycles. The Kier molecular flexibility index (Phi) is 5.35. The number of ether oxygens (including phenoxy) is 2. The number of methoxy groups -OCH3 is 1. The van der Waals surface area contributed by atoms with E-state index in [2.05, 4.69) is 9.97 Å². The Hall–Kier alpha value is -1.41. The van der Waals surface area contributed by atoms with E-state index in [1.54, 1.807) is 0 Å². The fourth-order valence-electron chi connectivity index (χ4n) is 2.16. The van der Waals surface area contributed by atoms with E-state index >= 15 is 0 Å². The van der Waals surface area contributed by atoms with Gasteiger partial charge >= 0.3 is 0 Å². The molecule has 0 amide bonds. The number of rotatable bonds is 7. The molecule has 1 aromatic rings. The highest BCUT2D eigenvalue weighted by molar-refractivity contribution is 7.89. The predicted molar refractivity (Wildman–Crippen MR) is 77.9 cm³/mol. The molecule has 0 aliphatic carbocycles. The van der Waals surface area contributed by atoms with Gasteiger partial charge in [-0.2, -0.15) is 9.29 Å². The first-order chi connectivity index (χ1) is 10.0. The molecule has 0 radical (unpaired) electrons. The van der Waals surface area contributed by atoms with Crippen molar-refractivity contribution in [3.8, 4) is 11.8 Å². The van der Waals surface area contributed by atoms with E-state index < -0.39 is 10.0 Å². The molecule has 1 aromatic heterocycles. The zero-order chi connectivity index (χ0) is 15.3. The van der Waals surface area contributed by atoms with E-state index in [0.717, 1.165) is 6.42 Å². The molecule has 8 heteroatoms. The van der Waals surface area contributed by atoms with Crippen LogP contribution in [-0.4, -0.2) is 54.7 Å². The first-order valence-corrected chi connectivity index (χ1v) is 8.66. The molecule has 2 heterocycles. The second-order valence-corrected chi connectivity index (χ2v) is 7.04. The van der Waals surface area contributed by atoms with Crippen molar-refractivity contribution >= 4 is 10.0 Å². The molecule has 0 spiro atoms. The van der Waals surface area contributed by atoms with E-state index in [0.29, 0.717) is 37.7 Å². The summed E-state index contributed by atoms with van der Waals surface area (Å²) in [6.45, 7) is 2.84. The van der Waals surface area contributed by atoms with E-state index in [1.807, 2.05) is 6.92 Å². The van der Waals surface area contributed by atoms with Crippen molar-refractivity contribution in [3.05, 3.63) is 12.4 Å². The average molecular weight is 315 g/mol. The smallest absolute Gasteiger partial charge is 0.235 e. The largest absolute Gasteiger partial charge is 0.480 e. The van der Waals surface area contributed by atoms with Gasteiger partial charge < -0.3 is 9.47 Å². The van der Waals surface area contributed by atoms with Gasteiger partial charge in [-0.1, -0.05) is 13.3 Å². The van der Waals surface area contributed by atoms with Gasteiger partial charge in [0.25, 0.3) is 0 Å². The molecule has 7 nitrogen and oxygen atoms in total. The molecule has 1 aliphatic rings. The molecule has 1 atom stereocenters. The van der Waals surface area contributed by atoms with Crippen molar-refractivity contribution in [2.24, 2.45) is 0 Å². The summed E-state index contributed by atoms with van der Waals surface area (Å²) in [5, 5.41) is 0. The van der Waals surface area contributed by atoms with Crippen LogP contribution < -0.4 is 9.47 Å². The van der Waals surface area contributed by atoms with Crippen LogP contribution in [0.3, 0.4) is 0 Å². The van der Waals surface area contributed by atoms with Crippen LogP contribution in [0.2, 0.25) is 0 Å². The summed E-state index contributed by atoms with van der Waals surface area (Å²) in [6, 6.07) is 0. The van der Waals surface area contributed by atoms with Crippen LogP contribution in [-0.2, 0) is 10.0 Å². The van der Waals surface area contributed by atoms with Crippen molar-refractivity contribution < 1.29 is 17.9 Å². The summed E-state index contributed by atoms with van der Waals surface area (Å²) in [5.41, 5.74) is 0. The Morgan fingerprint density at radius 2 is 2.14 bits per heavy atom. The number of unbranched alkanes of at least 4 members (excludes halogenated alkanes) is 1. The summed E-state index contributed by atoms with van der Waals surface area (Å²) in [5.74, 6) is 0.930. The van der Waals surface area contributed by atoms with Crippen molar-refractivity contribution in [2.75, 3.05) is 26.0 Å². The van der Waals surface area contributed by atoms with Gasteiger partial charge in [0.2, 0.25) is 21.8 Å². The van der Waals surface area contributed by atoms with Gasteiger partial charge in [0.1, 0.15) is 6.10 Å². The van der Waals surface area contributed by atoms with Crippen LogP contribution >= 0.6 is 0 Å². The van der Waals surface area contributed by atoms with Crippen molar-refractivity contribution in [3.63, 3.8) is 0 Å². The molecule has 0 aromatic carbocycles. The lowest BCUT2D eigenvalue weighted by atomic mass is 10.3. The lowest BCUT2D eigenvalue weighted by Gasteiger charge is -2.16. The Morgan fingerprint density at radius 3 is 2.86 bits per heavy atom. The van der Waals surface area contributed by atoms with E-state index in [9.17, 15) is 8.42 Å². The maximum Gasteiger partial charge on any atom is 0.235 e. The average Bonchev–Trinajstić information content (AvgIpc) is 2.95. The number of aromatic nitrogens is 2. The van der Waals surface area contributed by atoms with E-state index in [-0.39, 0.29) is 11.9 Å². The zero-order valence-corrected chi connectivity index (χ0v) is 13.2. The van der Waals surface area contributed by atoms with E-state index in [1.165, 1.54) is 23.8 Å². The SMILES string of the molecule is CCCCS(=O)(=O)N1CCC(Oc2cncc(OC)n2)C1. The van der Waals surface area contributed by atoms with Gasteiger partial charge in [-0.15, -0.1) is 0 Å². The molecule has 2 rings (SSSR count). The van der Waals surface area contributed by atoms with Gasteiger partial charge in [0.05, 0.1) is 31.8 Å². The minimum absolute atomic E-state index is 0.192. The standard InChI is InChI=1S/C13H21N3O4S/c1-3-4-7-21(17,18)16-6-5-11(10-16)20-13-9-14-8-12(15-13)19-2/h8-9,11H,3-7,10H2,1-2H3. The summed E-state index contributed by atoms with van der Waals surface area (Å²) < 4.78 is 36.4. The van der Waals surface area contributed by atoms with Crippen LogP contribution in [0.15, 0.2) is 12.4 Å². The molecule has 1 fully saturated rings. The van der Waals surface area contributed by atoms with Crippen LogP contribution in [0, 0.1) is 0 Å². The van der Waals surface area contributed by atoms with Crippen molar-refractivity contribution in [1.29, 1.82) is 0 Å².